The predicted molar refractivity (Wildman–Crippen MR) is 71.0 cm³/mol. The second-order valence-electron chi connectivity index (χ2n) is 4.13. The molecular weight excluding hydrogens is 212 g/mol. The van der Waals surface area contributed by atoms with E-state index in [4.69, 9.17) is 6.42 Å². The Bertz CT molecular complexity index is 435. The predicted octanol–water partition coefficient (Wildman–Crippen LogP) is 1.77. The number of aryl methyl sites for hydroxylation is 3. The summed E-state index contributed by atoms with van der Waals surface area (Å²) in [6, 6.07) is 4.11. The van der Waals surface area contributed by atoms with Gasteiger partial charge in [-0.2, -0.15) is 0 Å². The van der Waals surface area contributed by atoms with Crippen LogP contribution in [0.25, 0.3) is 0 Å². The second-order valence-corrected chi connectivity index (χ2v) is 4.13. The van der Waals surface area contributed by atoms with E-state index in [1.165, 1.54) is 5.56 Å². The second kappa shape index (κ2) is 6.07. The summed E-state index contributed by atoms with van der Waals surface area (Å²) in [5, 5.41) is 5.75. The van der Waals surface area contributed by atoms with Crippen LogP contribution in [0.15, 0.2) is 12.1 Å². The van der Waals surface area contributed by atoms with Crippen molar-refractivity contribution in [3.8, 4) is 12.3 Å². The first-order valence-electron chi connectivity index (χ1n) is 5.56. The Hall–Kier alpha value is -1.79. The zero-order valence-corrected chi connectivity index (χ0v) is 10.6. The zero-order valence-electron chi connectivity index (χ0n) is 10.6. The maximum absolute atomic E-state index is 11.6. The maximum Gasteiger partial charge on any atom is 0.238 e. The molecule has 0 aromatic heterocycles. The summed E-state index contributed by atoms with van der Waals surface area (Å²) in [6.07, 6.45) is 5.09. The largest absolute Gasteiger partial charge is 0.324 e. The van der Waals surface area contributed by atoms with E-state index in [2.05, 4.69) is 28.7 Å². The minimum Gasteiger partial charge on any atom is -0.324 e. The third-order valence-electron chi connectivity index (χ3n) is 2.45. The van der Waals surface area contributed by atoms with Gasteiger partial charge in [0, 0.05) is 5.69 Å². The summed E-state index contributed by atoms with van der Waals surface area (Å²) in [4.78, 5) is 11.6. The molecule has 0 heterocycles. The van der Waals surface area contributed by atoms with Crippen molar-refractivity contribution in [3.05, 3.63) is 28.8 Å². The van der Waals surface area contributed by atoms with Gasteiger partial charge >= 0.3 is 0 Å². The first-order valence-corrected chi connectivity index (χ1v) is 5.56. The molecule has 0 aliphatic rings. The van der Waals surface area contributed by atoms with Gasteiger partial charge in [-0.05, 0) is 31.9 Å². The van der Waals surface area contributed by atoms with Gasteiger partial charge in [0.1, 0.15) is 0 Å². The Balaban J connectivity index is 2.69. The van der Waals surface area contributed by atoms with Gasteiger partial charge in [0.2, 0.25) is 5.91 Å². The Morgan fingerprint density at radius 3 is 2.41 bits per heavy atom. The van der Waals surface area contributed by atoms with Crippen molar-refractivity contribution >= 4 is 11.6 Å². The average Bonchev–Trinajstić information content (AvgIpc) is 2.24. The molecule has 0 radical (unpaired) electrons. The smallest absolute Gasteiger partial charge is 0.238 e. The lowest BCUT2D eigenvalue weighted by Gasteiger charge is -2.12. The number of nitrogens with one attached hydrogen (secondary N) is 2. The van der Waals surface area contributed by atoms with Crippen LogP contribution in [-0.2, 0) is 4.79 Å². The number of rotatable bonds is 4. The van der Waals surface area contributed by atoms with E-state index < -0.39 is 0 Å². The molecule has 90 valence electrons. The van der Waals surface area contributed by atoms with Crippen LogP contribution in [0, 0.1) is 33.1 Å². The SMILES string of the molecule is C#CCNCC(=O)Nc1c(C)cc(C)cc1C. The Morgan fingerprint density at radius 1 is 1.29 bits per heavy atom. The highest BCUT2D eigenvalue weighted by Gasteiger charge is 2.07. The molecule has 3 nitrogen and oxygen atoms in total. The number of hydrogen-bond acceptors (Lipinski definition) is 2. The lowest BCUT2D eigenvalue weighted by atomic mass is 10.1. The van der Waals surface area contributed by atoms with E-state index >= 15 is 0 Å². The zero-order chi connectivity index (χ0) is 12.8. The van der Waals surface area contributed by atoms with Crippen molar-refractivity contribution in [3.63, 3.8) is 0 Å². The molecule has 1 rings (SSSR count). The van der Waals surface area contributed by atoms with Crippen LogP contribution >= 0.6 is 0 Å². The maximum atomic E-state index is 11.6. The van der Waals surface area contributed by atoms with Crippen molar-refractivity contribution in [2.45, 2.75) is 20.8 Å². The molecule has 1 aromatic rings. The monoisotopic (exact) mass is 230 g/mol. The normalized spacial score (nSPS) is 9.76. The highest BCUT2D eigenvalue weighted by atomic mass is 16.1. The van der Waals surface area contributed by atoms with Gasteiger partial charge in [0.05, 0.1) is 13.1 Å². The molecular formula is C14H18N2O. The highest BCUT2D eigenvalue weighted by Crippen LogP contribution is 2.21. The molecule has 1 amide bonds. The lowest BCUT2D eigenvalue weighted by Crippen LogP contribution is -2.28. The summed E-state index contributed by atoms with van der Waals surface area (Å²) >= 11 is 0. The molecule has 3 heteroatoms. The molecule has 0 spiro atoms. The first kappa shape index (κ1) is 13.3. The average molecular weight is 230 g/mol. The summed E-state index contributed by atoms with van der Waals surface area (Å²) in [6.45, 7) is 6.66. The minimum atomic E-state index is -0.0738. The molecule has 0 atom stereocenters. The Kier molecular flexibility index (Phi) is 4.74. The van der Waals surface area contributed by atoms with Crippen molar-refractivity contribution < 1.29 is 4.79 Å². The summed E-state index contributed by atoms with van der Waals surface area (Å²) in [7, 11) is 0. The first-order chi connectivity index (χ1) is 8.04. The van der Waals surface area contributed by atoms with Crippen molar-refractivity contribution in [2.75, 3.05) is 18.4 Å². The molecule has 0 aliphatic heterocycles. The molecule has 17 heavy (non-hydrogen) atoms. The highest BCUT2D eigenvalue weighted by molar-refractivity contribution is 5.93. The van der Waals surface area contributed by atoms with Gasteiger partial charge in [-0.1, -0.05) is 23.6 Å². The van der Waals surface area contributed by atoms with E-state index in [1.54, 1.807) is 0 Å². The van der Waals surface area contributed by atoms with Crippen molar-refractivity contribution in [1.82, 2.24) is 5.32 Å². The number of hydrogen-bond donors (Lipinski definition) is 2. The number of benzene rings is 1. The summed E-state index contributed by atoms with van der Waals surface area (Å²) < 4.78 is 0. The fourth-order valence-electron chi connectivity index (χ4n) is 1.81. The molecule has 2 N–H and O–H groups in total. The lowest BCUT2D eigenvalue weighted by molar-refractivity contribution is -0.115. The van der Waals surface area contributed by atoms with E-state index in [-0.39, 0.29) is 12.5 Å². The molecule has 0 fully saturated rings. The minimum absolute atomic E-state index is 0.0738. The molecule has 0 aliphatic carbocycles. The van der Waals surface area contributed by atoms with Crippen LogP contribution in [0.3, 0.4) is 0 Å². The van der Waals surface area contributed by atoms with Crippen LogP contribution in [0.2, 0.25) is 0 Å². The fraction of sp³-hybridized carbons (Fsp3) is 0.357. The standard InChI is InChI=1S/C14H18N2O/c1-5-6-15-9-13(17)16-14-11(3)7-10(2)8-12(14)4/h1,7-8,15H,6,9H2,2-4H3,(H,16,17). The molecule has 0 saturated carbocycles. The van der Waals surface area contributed by atoms with E-state index in [0.29, 0.717) is 6.54 Å². The van der Waals surface area contributed by atoms with Crippen LogP contribution < -0.4 is 10.6 Å². The molecule has 0 saturated heterocycles. The number of terminal acetylenes is 1. The number of carbonyl (C=O) groups excluding carboxylic acids is 1. The topological polar surface area (TPSA) is 41.1 Å². The fourth-order valence-corrected chi connectivity index (χ4v) is 1.81. The van der Waals surface area contributed by atoms with E-state index in [1.807, 2.05) is 20.8 Å². The van der Waals surface area contributed by atoms with Gasteiger partial charge in [0.25, 0.3) is 0 Å². The number of carbonyl (C=O) groups is 1. The van der Waals surface area contributed by atoms with Gasteiger partial charge < -0.3 is 5.32 Å². The summed E-state index contributed by atoms with van der Waals surface area (Å²) in [5.41, 5.74) is 4.24. The third kappa shape index (κ3) is 3.93. The van der Waals surface area contributed by atoms with Crippen LogP contribution in [-0.4, -0.2) is 19.0 Å². The van der Waals surface area contributed by atoms with Gasteiger partial charge in [-0.3, -0.25) is 10.1 Å². The Morgan fingerprint density at radius 2 is 1.88 bits per heavy atom. The van der Waals surface area contributed by atoms with Gasteiger partial charge in [-0.25, -0.2) is 0 Å². The van der Waals surface area contributed by atoms with Crippen LogP contribution in [0.1, 0.15) is 16.7 Å². The van der Waals surface area contributed by atoms with Gasteiger partial charge in [0.15, 0.2) is 0 Å². The van der Waals surface area contributed by atoms with Gasteiger partial charge in [-0.15, -0.1) is 6.42 Å². The van der Waals surface area contributed by atoms with Crippen molar-refractivity contribution in [2.24, 2.45) is 0 Å². The van der Waals surface area contributed by atoms with E-state index in [9.17, 15) is 4.79 Å². The number of amides is 1. The molecule has 0 bridgehead atoms. The number of anilines is 1. The molecule has 0 unspecified atom stereocenters. The van der Waals surface area contributed by atoms with Crippen molar-refractivity contribution in [1.29, 1.82) is 0 Å². The Labute approximate surface area is 103 Å². The third-order valence-corrected chi connectivity index (χ3v) is 2.45. The molecule has 1 aromatic carbocycles. The van der Waals surface area contributed by atoms with E-state index in [0.717, 1.165) is 16.8 Å². The quantitative estimate of drug-likeness (QED) is 0.611. The summed E-state index contributed by atoms with van der Waals surface area (Å²) in [5.74, 6) is 2.35. The van der Waals surface area contributed by atoms with Crippen LogP contribution in [0.4, 0.5) is 5.69 Å². The van der Waals surface area contributed by atoms with Crippen LogP contribution in [0.5, 0.6) is 0 Å².